The van der Waals surface area contributed by atoms with Crippen LogP contribution in [-0.2, 0) is 15.6 Å². The maximum Gasteiger partial charge on any atom is 0.157 e. The third-order valence-corrected chi connectivity index (χ3v) is 5.23. The van der Waals surface area contributed by atoms with E-state index >= 15 is 0 Å². The summed E-state index contributed by atoms with van der Waals surface area (Å²) in [4.78, 5) is 0. The van der Waals surface area contributed by atoms with Gasteiger partial charge in [0.25, 0.3) is 0 Å². The normalized spacial score (nSPS) is 17.4. The Labute approximate surface area is 109 Å². The van der Waals surface area contributed by atoms with Crippen molar-refractivity contribution in [3.05, 3.63) is 35.9 Å². The van der Waals surface area contributed by atoms with Crippen molar-refractivity contribution in [2.24, 2.45) is 0 Å². The second kappa shape index (κ2) is 6.38. The number of halogens is 1. The van der Waals surface area contributed by atoms with Crippen LogP contribution in [-0.4, -0.2) is 26.8 Å². The number of sulfone groups is 1. The van der Waals surface area contributed by atoms with Gasteiger partial charge in [0.15, 0.2) is 9.84 Å². The van der Waals surface area contributed by atoms with Crippen molar-refractivity contribution in [3.8, 4) is 0 Å². The molecule has 0 atom stereocenters. The Balaban J connectivity index is 0.00000144. The van der Waals surface area contributed by atoms with Gasteiger partial charge in [-0.15, -0.1) is 12.4 Å². The number of piperidine rings is 1. The second-order valence-electron chi connectivity index (χ2n) is 4.24. The van der Waals surface area contributed by atoms with E-state index in [1.807, 2.05) is 30.3 Å². The number of nitrogens with one attached hydrogen (secondary N) is 1. The fourth-order valence-electron chi connectivity index (χ4n) is 2.08. The van der Waals surface area contributed by atoms with Gasteiger partial charge in [0, 0.05) is 0 Å². The van der Waals surface area contributed by atoms with Crippen molar-refractivity contribution in [2.75, 3.05) is 13.1 Å². The molecule has 1 aromatic rings. The zero-order chi connectivity index (χ0) is 11.4. The Morgan fingerprint density at radius 3 is 2.29 bits per heavy atom. The molecule has 0 saturated carbocycles. The van der Waals surface area contributed by atoms with E-state index in [0.29, 0.717) is 0 Å². The predicted molar refractivity (Wildman–Crippen MR) is 72.2 cm³/mol. The number of hydrogen-bond acceptors (Lipinski definition) is 3. The minimum Gasteiger partial charge on any atom is -0.317 e. The third kappa shape index (κ3) is 3.98. The first kappa shape index (κ1) is 14.5. The van der Waals surface area contributed by atoms with Crippen LogP contribution in [0, 0.1) is 0 Å². The number of hydrogen-bond donors (Lipinski definition) is 1. The van der Waals surface area contributed by atoms with Gasteiger partial charge in [-0.1, -0.05) is 30.3 Å². The molecule has 96 valence electrons. The summed E-state index contributed by atoms with van der Waals surface area (Å²) < 4.78 is 24.3. The van der Waals surface area contributed by atoms with Gasteiger partial charge in [-0.2, -0.15) is 0 Å². The standard InChI is InChI=1S/C12H17NO2S.ClH/c14-16(15,12-6-8-13-9-7-12)10-11-4-2-1-3-5-11;/h1-5,12-13H,6-10H2;1H. The topological polar surface area (TPSA) is 46.2 Å². The van der Waals surface area contributed by atoms with E-state index in [9.17, 15) is 8.42 Å². The summed E-state index contributed by atoms with van der Waals surface area (Å²) in [5, 5.41) is 3.03. The van der Waals surface area contributed by atoms with Crippen LogP contribution in [0.2, 0.25) is 0 Å². The molecule has 1 heterocycles. The summed E-state index contributed by atoms with van der Waals surface area (Å²) in [6.45, 7) is 1.64. The van der Waals surface area contributed by atoms with Crippen molar-refractivity contribution in [3.63, 3.8) is 0 Å². The molecule has 1 N–H and O–H groups in total. The lowest BCUT2D eigenvalue weighted by molar-refractivity contribution is 0.496. The van der Waals surface area contributed by atoms with Crippen molar-refractivity contribution in [2.45, 2.75) is 23.8 Å². The second-order valence-corrected chi connectivity index (χ2v) is 6.52. The van der Waals surface area contributed by atoms with Crippen LogP contribution >= 0.6 is 12.4 Å². The van der Waals surface area contributed by atoms with Gasteiger partial charge in [0.05, 0.1) is 11.0 Å². The molecule has 1 aromatic carbocycles. The lowest BCUT2D eigenvalue weighted by Gasteiger charge is -2.22. The monoisotopic (exact) mass is 275 g/mol. The van der Waals surface area contributed by atoms with E-state index in [1.54, 1.807) is 0 Å². The van der Waals surface area contributed by atoms with Crippen LogP contribution in [0.4, 0.5) is 0 Å². The smallest absolute Gasteiger partial charge is 0.157 e. The minimum atomic E-state index is -2.98. The molecular formula is C12H18ClNO2S. The van der Waals surface area contributed by atoms with Crippen molar-refractivity contribution < 1.29 is 8.42 Å². The van der Waals surface area contributed by atoms with Crippen LogP contribution in [0.25, 0.3) is 0 Å². The summed E-state index contributed by atoms with van der Waals surface area (Å²) in [6, 6.07) is 9.42. The first-order valence-electron chi connectivity index (χ1n) is 5.65. The zero-order valence-electron chi connectivity index (χ0n) is 9.63. The van der Waals surface area contributed by atoms with Gasteiger partial charge in [-0.05, 0) is 31.5 Å². The summed E-state index contributed by atoms with van der Waals surface area (Å²) in [7, 11) is -2.98. The van der Waals surface area contributed by atoms with E-state index in [-0.39, 0.29) is 23.4 Å². The van der Waals surface area contributed by atoms with Crippen molar-refractivity contribution >= 4 is 22.2 Å². The Kier molecular flexibility index (Phi) is 5.43. The average Bonchev–Trinajstić information content (AvgIpc) is 2.31. The lowest BCUT2D eigenvalue weighted by Crippen LogP contribution is -2.36. The van der Waals surface area contributed by atoms with Gasteiger partial charge in [0.2, 0.25) is 0 Å². The molecule has 0 radical (unpaired) electrons. The van der Waals surface area contributed by atoms with Gasteiger partial charge in [0.1, 0.15) is 0 Å². The molecule has 0 aromatic heterocycles. The molecule has 3 nitrogen and oxygen atoms in total. The molecule has 1 fully saturated rings. The maximum absolute atomic E-state index is 12.1. The van der Waals surface area contributed by atoms with Crippen LogP contribution in [0.3, 0.4) is 0 Å². The highest BCUT2D eigenvalue weighted by Crippen LogP contribution is 2.18. The molecule has 0 amide bonds. The Hall–Kier alpha value is -0.580. The fraction of sp³-hybridized carbons (Fsp3) is 0.500. The van der Waals surface area contributed by atoms with E-state index in [1.165, 1.54) is 0 Å². The van der Waals surface area contributed by atoms with Gasteiger partial charge >= 0.3 is 0 Å². The van der Waals surface area contributed by atoms with Crippen molar-refractivity contribution in [1.29, 1.82) is 0 Å². The molecule has 1 aliphatic rings. The third-order valence-electron chi connectivity index (χ3n) is 3.00. The lowest BCUT2D eigenvalue weighted by atomic mass is 10.2. The summed E-state index contributed by atoms with van der Waals surface area (Å²) >= 11 is 0. The Morgan fingerprint density at radius 1 is 1.12 bits per heavy atom. The van der Waals surface area contributed by atoms with Crippen LogP contribution in [0.1, 0.15) is 18.4 Å². The van der Waals surface area contributed by atoms with Gasteiger partial charge in [-0.3, -0.25) is 0 Å². The molecule has 0 bridgehead atoms. The highest BCUT2D eigenvalue weighted by Gasteiger charge is 2.26. The largest absolute Gasteiger partial charge is 0.317 e. The SMILES string of the molecule is Cl.O=S(=O)(Cc1ccccc1)C1CCNCC1. The van der Waals surface area contributed by atoms with Gasteiger partial charge < -0.3 is 5.32 Å². The molecular weight excluding hydrogens is 258 g/mol. The summed E-state index contributed by atoms with van der Waals surface area (Å²) in [5.74, 6) is 0.179. The first-order chi connectivity index (χ1) is 7.68. The maximum atomic E-state index is 12.1. The zero-order valence-corrected chi connectivity index (χ0v) is 11.3. The van der Waals surface area contributed by atoms with Crippen molar-refractivity contribution in [1.82, 2.24) is 5.32 Å². The molecule has 2 rings (SSSR count). The molecule has 0 aliphatic carbocycles. The highest BCUT2D eigenvalue weighted by molar-refractivity contribution is 7.91. The average molecular weight is 276 g/mol. The predicted octanol–water partition coefficient (Wildman–Crippen LogP) is 1.78. The minimum absolute atomic E-state index is 0. The summed E-state index contributed by atoms with van der Waals surface area (Å²) in [5.41, 5.74) is 0.890. The molecule has 1 saturated heterocycles. The molecule has 0 spiro atoms. The Bertz CT molecular complexity index is 427. The molecule has 1 aliphatic heterocycles. The van der Waals surface area contributed by atoms with Gasteiger partial charge in [-0.25, -0.2) is 8.42 Å². The van der Waals surface area contributed by atoms with E-state index in [0.717, 1.165) is 31.5 Å². The molecule has 0 unspecified atom stereocenters. The van der Waals surface area contributed by atoms with Crippen LogP contribution < -0.4 is 5.32 Å². The van der Waals surface area contributed by atoms with E-state index in [2.05, 4.69) is 5.32 Å². The van der Waals surface area contributed by atoms with E-state index in [4.69, 9.17) is 0 Å². The number of rotatable bonds is 3. The molecule has 17 heavy (non-hydrogen) atoms. The Morgan fingerprint density at radius 2 is 1.71 bits per heavy atom. The quantitative estimate of drug-likeness (QED) is 0.915. The molecule has 5 heteroatoms. The summed E-state index contributed by atoms with van der Waals surface area (Å²) in [6.07, 6.45) is 1.49. The van der Waals surface area contributed by atoms with Crippen LogP contribution in [0.5, 0.6) is 0 Å². The fourth-order valence-corrected chi connectivity index (χ4v) is 3.93. The van der Waals surface area contributed by atoms with Crippen LogP contribution in [0.15, 0.2) is 30.3 Å². The first-order valence-corrected chi connectivity index (χ1v) is 7.36. The number of benzene rings is 1. The highest BCUT2D eigenvalue weighted by atomic mass is 35.5. The van der Waals surface area contributed by atoms with E-state index < -0.39 is 9.84 Å².